The number of benzene rings is 2. The van der Waals surface area contributed by atoms with Gasteiger partial charge in [-0.05, 0) is 48.2 Å². The van der Waals surface area contributed by atoms with Crippen molar-refractivity contribution >= 4 is 10.0 Å². The lowest BCUT2D eigenvalue weighted by Gasteiger charge is -2.31. The summed E-state index contributed by atoms with van der Waals surface area (Å²) in [6.07, 6.45) is -7.18. The molecule has 4 rings (SSSR count). The highest BCUT2D eigenvalue weighted by atomic mass is 32.2. The van der Waals surface area contributed by atoms with Crippen LogP contribution in [0.3, 0.4) is 0 Å². The number of sulfonamides is 1. The Labute approximate surface area is 200 Å². The average Bonchev–Trinajstić information content (AvgIpc) is 3.08. The molecule has 1 aliphatic heterocycles. The van der Waals surface area contributed by atoms with Crippen LogP contribution in [-0.4, -0.2) is 68.3 Å². The molecule has 35 heavy (non-hydrogen) atoms. The van der Waals surface area contributed by atoms with Crippen LogP contribution in [0.5, 0.6) is 5.75 Å². The fourth-order valence-corrected chi connectivity index (χ4v) is 5.74. The van der Waals surface area contributed by atoms with Crippen molar-refractivity contribution in [3.63, 3.8) is 0 Å². The Bertz CT molecular complexity index is 1160. The number of rotatable bonds is 1. The zero-order chi connectivity index (χ0) is 25.4. The van der Waals surface area contributed by atoms with E-state index in [9.17, 15) is 36.9 Å². The lowest BCUT2D eigenvalue weighted by Crippen LogP contribution is -2.44. The molecule has 1 aliphatic carbocycles. The summed E-state index contributed by atoms with van der Waals surface area (Å²) in [5, 5.41) is 33.5. The molecule has 0 radical (unpaired) electrons. The van der Waals surface area contributed by atoms with Gasteiger partial charge in [0.1, 0.15) is 10.6 Å². The number of alkyl halides is 3. The van der Waals surface area contributed by atoms with Gasteiger partial charge in [0.05, 0.1) is 30.5 Å². The van der Waals surface area contributed by atoms with Crippen LogP contribution in [0.1, 0.15) is 18.4 Å². The molecule has 0 aromatic heterocycles. The van der Waals surface area contributed by atoms with Crippen LogP contribution >= 0.6 is 0 Å². The van der Waals surface area contributed by atoms with Gasteiger partial charge >= 0.3 is 6.18 Å². The van der Waals surface area contributed by atoms with E-state index < -0.39 is 45.5 Å². The Hall–Kier alpha value is -2.22. The minimum Gasteiger partial charge on any atom is -0.492 e. The summed E-state index contributed by atoms with van der Waals surface area (Å²) in [6.45, 7) is 0.0204. The highest BCUT2D eigenvalue weighted by molar-refractivity contribution is 7.89. The van der Waals surface area contributed by atoms with Crippen molar-refractivity contribution < 1.29 is 41.6 Å². The van der Waals surface area contributed by atoms with Gasteiger partial charge in [-0.25, -0.2) is 13.1 Å². The lowest BCUT2D eigenvalue weighted by atomic mass is 9.86. The first-order valence-corrected chi connectivity index (χ1v) is 12.6. The average molecular weight is 517 g/mol. The number of hydrogen-bond donors (Lipinski definition) is 5. The third-order valence-corrected chi connectivity index (χ3v) is 7.87. The molecule has 12 heteroatoms. The number of halogens is 3. The van der Waals surface area contributed by atoms with E-state index >= 15 is 0 Å². The second-order valence-electron chi connectivity index (χ2n) is 9.21. The van der Waals surface area contributed by atoms with Crippen molar-refractivity contribution in [1.82, 2.24) is 10.0 Å². The quantitative estimate of drug-likeness (QED) is 0.389. The van der Waals surface area contributed by atoms with E-state index in [0.29, 0.717) is 5.56 Å². The van der Waals surface area contributed by atoms with E-state index in [2.05, 4.69) is 10.0 Å². The summed E-state index contributed by atoms with van der Waals surface area (Å²) in [5.41, 5.74) is -1.05. The van der Waals surface area contributed by atoms with Crippen molar-refractivity contribution in [1.29, 1.82) is 0 Å². The molecule has 0 amide bonds. The molecule has 2 aromatic rings. The Morgan fingerprint density at radius 1 is 0.971 bits per heavy atom. The fourth-order valence-electron chi connectivity index (χ4n) is 4.54. The number of nitrogens with one attached hydrogen (secondary N) is 2. The zero-order valence-corrected chi connectivity index (χ0v) is 19.4. The molecule has 1 fully saturated rings. The molecule has 0 bridgehead atoms. The van der Waals surface area contributed by atoms with E-state index in [1.165, 1.54) is 30.3 Å². The third kappa shape index (κ3) is 5.79. The van der Waals surface area contributed by atoms with Gasteiger partial charge in [0.25, 0.3) is 0 Å². The predicted octanol–water partition coefficient (Wildman–Crippen LogP) is 1.50. The molecule has 2 aliphatic rings. The number of aliphatic hydroxyl groups excluding tert-OH is 3. The van der Waals surface area contributed by atoms with Crippen LogP contribution in [0, 0.1) is 5.41 Å². The highest BCUT2D eigenvalue weighted by Crippen LogP contribution is 2.40. The monoisotopic (exact) mass is 516 g/mol. The second-order valence-corrected chi connectivity index (χ2v) is 10.9. The highest BCUT2D eigenvalue weighted by Gasteiger charge is 2.45. The molecule has 2 aromatic carbocycles. The molecule has 1 spiro atoms. The van der Waals surface area contributed by atoms with E-state index in [0.717, 1.165) is 12.1 Å². The van der Waals surface area contributed by atoms with Gasteiger partial charge in [-0.15, -0.1) is 0 Å². The van der Waals surface area contributed by atoms with Gasteiger partial charge in [0.2, 0.25) is 10.0 Å². The second kappa shape index (κ2) is 9.68. The number of β-amino-alcohol motifs (C(OH)–C–C–N with tert-alkyl or cyclic N) is 1. The molecule has 4 atom stereocenters. The van der Waals surface area contributed by atoms with Crippen molar-refractivity contribution in [2.24, 2.45) is 5.41 Å². The van der Waals surface area contributed by atoms with Crippen LogP contribution < -0.4 is 14.8 Å². The summed E-state index contributed by atoms with van der Waals surface area (Å²) >= 11 is 0. The summed E-state index contributed by atoms with van der Waals surface area (Å²) in [6, 6.07) is 8.64. The van der Waals surface area contributed by atoms with Gasteiger partial charge in [0, 0.05) is 25.0 Å². The topological polar surface area (TPSA) is 128 Å². The molecule has 192 valence electrons. The first kappa shape index (κ1) is 25.9. The maximum atomic E-state index is 13.2. The Kier molecular flexibility index (Phi) is 7.15. The van der Waals surface area contributed by atoms with Gasteiger partial charge in [-0.1, -0.05) is 18.2 Å². The lowest BCUT2D eigenvalue weighted by molar-refractivity contribution is -0.137. The molecular formula is C23H27F3N2O6S. The standard InChI is InChI=1S/C23H27F3N2O6S/c24-23(25,26)16-3-1-2-14(6-16)15-4-5-21-20(7-15)34-13-22(8-18(30)19(31)9-22)12-27-10-17(29)11-28-35(21,32)33/h1-7,17-19,27-31H,8-13H2/t17-,18-,19+,22?/m1/s1. The van der Waals surface area contributed by atoms with Crippen molar-refractivity contribution in [3.8, 4) is 16.9 Å². The van der Waals surface area contributed by atoms with Gasteiger partial charge in [0.15, 0.2) is 0 Å². The number of aliphatic hydroxyl groups is 3. The van der Waals surface area contributed by atoms with Crippen molar-refractivity contribution in [2.75, 3.05) is 26.2 Å². The molecule has 1 unspecified atom stereocenters. The zero-order valence-electron chi connectivity index (χ0n) is 18.6. The van der Waals surface area contributed by atoms with Crippen LogP contribution in [0.2, 0.25) is 0 Å². The minimum atomic E-state index is -4.54. The maximum absolute atomic E-state index is 13.2. The van der Waals surface area contributed by atoms with Crippen LogP contribution in [0.4, 0.5) is 13.2 Å². The van der Waals surface area contributed by atoms with Gasteiger partial charge in [-0.2, -0.15) is 13.2 Å². The van der Waals surface area contributed by atoms with Gasteiger partial charge < -0.3 is 25.4 Å². The van der Waals surface area contributed by atoms with E-state index in [4.69, 9.17) is 4.74 Å². The fraction of sp³-hybridized carbons (Fsp3) is 0.478. The summed E-state index contributed by atoms with van der Waals surface area (Å²) in [7, 11) is -4.13. The molecular weight excluding hydrogens is 489 g/mol. The van der Waals surface area contributed by atoms with Crippen molar-refractivity contribution in [3.05, 3.63) is 48.0 Å². The van der Waals surface area contributed by atoms with Crippen LogP contribution in [0.25, 0.3) is 11.1 Å². The molecule has 5 N–H and O–H groups in total. The smallest absolute Gasteiger partial charge is 0.416 e. The molecule has 8 nitrogen and oxygen atoms in total. The third-order valence-electron chi connectivity index (χ3n) is 6.41. The van der Waals surface area contributed by atoms with Gasteiger partial charge in [-0.3, -0.25) is 0 Å². The van der Waals surface area contributed by atoms with Crippen LogP contribution in [0.15, 0.2) is 47.4 Å². The number of hydrogen-bond acceptors (Lipinski definition) is 7. The maximum Gasteiger partial charge on any atom is 0.416 e. The number of fused-ring (bicyclic) bond motifs is 1. The number of ether oxygens (including phenoxy) is 1. The van der Waals surface area contributed by atoms with E-state index in [1.807, 2.05) is 0 Å². The largest absolute Gasteiger partial charge is 0.492 e. The minimum absolute atomic E-state index is 0.0707. The Balaban J connectivity index is 1.75. The molecule has 0 saturated heterocycles. The van der Waals surface area contributed by atoms with E-state index in [1.54, 1.807) is 0 Å². The Morgan fingerprint density at radius 3 is 2.34 bits per heavy atom. The first-order chi connectivity index (χ1) is 16.4. The predicted molar refractivity (Wildman–Crippen MR) is 120 cm³/mol. The summed E-state index contributed by atoms with van der Waals surface area (Å²) in [4.78, 5) is -0.233. The van der Waals surface area contributed by atoms with E-state index in [-0.39, 0.29) is 55.3 Å². The SMILES string of the molecule is O=S1(=O)NC[C@H](O)CNCC2(COc3cc(-c4cccc(C(F)(F)F)c4)ccc31)C[C@@H](O)[C@@H](O)C2. The van der Waals surface area contributed by atoms with Crippen LogP contribution in [-0.2, 0) is 16.2 Å². The van der Waals surface area contributed by atoms with Crippen molar-refractivity contribution in [2.45, 2.75) is 42.2 Å². The normalized spacial score (nSPS) is 29.6. The summed E-state index contributed by atoms with van der Waals surface area (Å²) in [5.74, 6) is -0.0854. The summed E-state index contributed by atoms with van der Waals surface area (Å²) < 4.78 is 73.8. The molecule has 1 heterocycles. The first-order valence-electron chi connectivity index (χ1n) is 11.1. The molecule has 1 saturated carbocycles. The Morgan fingerprint density at radius 2 is 1.66 bits per heavy atom.